The number of aryl methyl sites for hydroxylation is 1. The summed E-state index contributed by atoms with van der Waals surface area (Å²) in [6.45, 7) is 3.70. The first-order valence-electron chi connectivity index (χ1n) is 9.47. The van der Waals surface area contributed by atoms with Gasteiger partial charge in [-0.1, -0.05) is 12.1 Å². The van der Waals surface area contributed by atoms with Gasteiger partial charge < -0.3 is 20.1 Å². The average molecular weight is 396 g/mol. The summed E-state index contributed by atoms with van der Waals surface area (Å²) in [5.41, 5.74) is 1.92. The third-order valence-electron chi connectivity index (χ3n) is 4.20. The molecule has 3 rings (SSSR count). The summed E-state index contributed by atoms with van der Waals surface area (Å²) in [5.74, 6) is 2.65. The van der Waals surface area contributed by atoms with E-state index < -0.39 is 0 Å². The topological polar surface area (TPSA) is 68.3 Å². The van der Waals surface area contributed by atoms with Gasteiger partial charge in [-0.05, 0) is 55.3 Å². The molecule has 1 aromatic heterocycles. The minimum absolute atomic E-state index is 0.226. The summed E-state index contributed by atoms with van der Waals surface area (Å²) in [7, 11) is 1.63. The number of ether oxygens (including phenoxy) is 2. The molecule has 0 saturated carbocycles. The van der Waals surface area contributed by atoms with Crippen molar-refractivity contribution in [3.8, 4) is 11.5 Å². The summed E-state index contributed by atoms with van der Waals surface area (Å²) in [6.07, 6.45) is 0.760. The van der Waals surface area contributed by atoms with Crippen molar-refractivity contribution in [2.75, 3.05) is 37.4 Å². The zero-order chi connectivity index (χ0) is 20.5. The molecule has 0 fully saturated rings. The molecule has 0 bridgehead atoms. The molecular formula is C22H25FN4O2. The smallest absolute Gasteiger partial charge is 0.224 e. The largest absolute Gasteiger partial charge is 0.497 e. The Morgan fingerprint density at radius 1 is 0.897 bits per heavy atom. The van der Waals surface area contributed by atoms with Crippen LogP contribution in [0.25, 0.3) is 0 Å². The highest BCUT2D eigenvalue weighted by atomic mass is 19.1. The van der Waals surface area contributed by atoms with Gasteiger partial charge in [0.15, 0.2) is 0 Å². The van der Waals surface area contributed by atoms with Gasteiger partial charge in [0.2, 0.25) is 5.95 Å². The fourth-order valence-electron chi connectivity index (χ4n) is 2.73. The molecule has 0 unspecified atom stereocenters. The van der Waals surface area contributed by atoms with Crippen LogP contribution in [0.5, 0.6) is 11.5 Å². The van der Waals surface area contributed by atoms with Gasteiger partial charge in [-0.25, -0.2) is 9.37 Å². The van der Waals surface area contributed by atoms with Crippen LogP contribution in [-0.4, -0.2) is 36.8 Å². The fourth-order valence-corrected chi connectivity index (χ4v) is 2.73. The first-order valence-corrected chi connectivity index (χ1v) is 9.47. The van der Waals surface area contributed by atoms with Crippen molar-refractivity contribution >= 4 is 11.8 Å². The van der Waals surface area contributed by atoms with Gasteiger partial charge in [-0.2, -0.15) is 4.98 Å². The van der Waals surface area contributed by atoms with E-state index >= 15 is 0 Å². The van der Waals surface area contributed by atoms with Gasteiger partial charge >= 0.3 is 0 Å². The van der Waals surface area contributed by atoms with E-state index in [9.17, 15) is 4.39 Å². The van der Waals surface area contributed by atoms with Gasteiger partial charge in [0.1, 0.15) is 29.7 Å². The average Bonchev–Trinajstić information content (AvgIpc) is 2.73. The zero-order valence-corrected chi connectivity index (χ0v) is 16.6. The van der Waals surface area contributed by atoms with E-state index in [0.717, 1.165) is 35.0 Å². The van der Waals surface area contributed by atoms with Crippen molar-refractivity contribution in [3.05, 3.63) is 71.7 Å². The SMILES string of the molecule is COc1ccc(OCCNc2cc(C)nc(NCCc3ccc(F)cc3)n2)cc1. The Kier molecular flexibility index (Phi) is 7.22. The van der Waals surface area contributed by atoms with Crippen LogP contribution in [0.3, 0.4) is 0 Å². The molecule has 0 radical (unpaired) electrons. The number of hydrogen-bond acceptors (Lipinski definition) is 6. The fraction of sp³-hybridized carbons (Fsp3) is 0.273. The normalized spacial score (nSPS) is 10.4. The number of nitrogens with zero attached hydrogens (tertiary/aromatic N) is 2. The molecule has 29 heavy (non-hydrogen) atoms. The van der Waals surface area contributed by atoms with Crippen LogP contribution in [-0.2, 0) is 6.42 Å². The highest BCUT2D eigenvalue weighted by molar-refractivity contribution is 5.42. The van der Waals surface area contributed by atoms with E-state index in [1.807, 2.05) is 37.3 Å². The van der Waals surface area contributed by atoms with Gasteiger partial charge in [-0.3, -0.25) is 0 Å². The van der Waals surface area contributed by atoms with Crippen molar-refractivity contribution in [1.29, 1.82) is 0 Å². The molecule has 0 spiro atoms. The molecule has 1 heterocycles. The van der Waals surface area contributed by atoms with Crippen molar-refractivity contribution < 1.29 is 13.9 Å². The maximum Gasteiger partial charge on any atom is 0.224 e. The molecule has 3 aromatic rings. The molecule has 0 saturated heterocycles. The Balaban J connectivity index is 1.44. The molecule has 2 aromatic carbocycles. The number of nitrogens with one attached hydrogen (secondary N) is 2. The molecule has 7 heteroatoms. The van der Waals surface area contributed by atoms with E-state index in [1.165, 1.54) is 12.1 Å². The lowest BCUT2D eigenvalue weighted by Crippen LogP contribution is -2.14. The molecule has 2 N–H and O–H groups in total. The van der Waals surface area contributed by atoms with Crippen LogP contribution < -0.4 is 20.1 Å². The number of halogens is 1. The molecule has 0 aliphatic rings. The van der Waals surface area contributed by atoms with Crippen LogP contribution in [0.4, 0.5) is 16.2 Å². The van der Waals surface area contributed by atoms with Gasteiger partial charge in [0, 0.05) is 18.3 Å². The summed E-state index contributed by atoms with van der Waals surface area (Å²) < 4.78 is 23.8. The predicted molar refractivity (Wildman–Crippen MR) is 112 cm³/mol. The van der Waals surface area contributed by atoms with E-state index in [2.05, 4.69) is 20.6 Å². The Hall–Kier alpha value is -3.35. The third-order valence-corrected chi connectivity index (χ3v) is 4.20. The standard InChI is InChI=1S/C22H25FN4O2/c1-16-15-21(24-13-14-29-20-9-7-19(28-2)8-10-20)27-22(26-16)25-12-11-17-3-5-18(23)6-4-17/h3-10,15H,11-14H2,1-2H3,(H2,24,25,26,27). The number of rotatable bonds is 10. The number of methoxy groups -OCH3 is 1. The minimum Gasteiger partial charge on any atom is -0.497 e. The van der Waals surface area contributed by atoms with Crippen LogP contribution in [0.15, 0.2) is 54.6 Å². The molecule has 6 nitrogen and oxygen atoms in total. The van der Waals surface area contributed by atoms with E-state index in [1.54, 1.807) is 19.2 Å². The molecule has 0 aliphatic carbocycles. The molecule has 0 aliphatic heterocycles. The number of anilines is 2. The van der Waals surface area contributed by atoms with Gasteiger partial charge in [-0.15, -0.1) is 0 Å². The minimum atomic E-state index is -0.226. The number of hydrogen-bond donors (Lipinski definition) is 2. The number of aromatic nitrogens is 2. The van der Waals surface area contributed by atoms with Gasteiger partial charge in [0.25, 0.3) is 0 Å². The second kappa shape index (κ2) is 10.3. The maximum atomic E-state index is 13.0. The second-order valence-electron chi connectivity index (χ2n) is 6.47. The van der Waals surface area contributed by atoms with E-state index in [4.69, 9.17) is 9.47 Å². The van der Waals surface area contributed by atoms with Crippen molar-refractivity contribution in [2.45, 2.75) is 13.3 Å². The first-order chi connectivity index (χ1) is 14.1. The van der Waals surface area contributed by atoms with Crippen LogP contribution >= 0.6 is 0 Å². The highest BCUT2D eigenvalue weighted by Gasteiger charge is 2.03. The second-order valence-corrected chi connectivity index (χ2v) is 6.47. The van der Waals surface area contributed by atoms with Gasteiger partial charge in [0.05, 0.1) is 13.7 Å². The Bertz CT molecular complexity index is 902. The lowest BCUT2D eigenvalue weighted by molar-refractivity contribution is 0.331. The molecule has 0 amide bonds. The molecule has 152 valence electrons. The monoisotopic (exact) mass is 396 g/mol. The highest BCUT2D eigenvalue weighted by Crippen LogP contribution is 2.17. The van der Waals surface area contributed by atoms with Crippen molar-refractivity contribution in [3.63, 3.8) is 0 Å². The van der Waals surface area contributed by atoms with Crippen LogP contribution in [0.1, 0.15) is 11.3 Å². The Labute approximate surface area is 170 Å². The van der Waals surface area contributed by atoms with Crippen molar-refractivity contribution in [1.82, 2.24) is 9.97 Å². The lowest BCUT2D eigenvalue weighted by Gasteiger charge is -2.11. The summed E-state index contributed by atoms with van der Waals surface area (Å²) in [6, 6.07) is 15.9. The molecular weight excluding hydrogens is 371 g/mol. The summed E-state index contributed by atoms with van der Waals surface area (Å²) in [4.78, 5) is 8.89. The quantitative estimate of drug-likeness (QED) is 0.504. The first kappa shape index (κ1) is 20.4. The van der Waals surface area contributed by atoms with E-state index in [0.29, 0.717) is 25.6 Å². The summed E-state index contributed by atoms with van der Waals surface area (Å²) >= 11 is 0. The Morgan fingerprint density at radius 3 is 2.34 bits per heavy atom. The van der Waals surface area contributed by atoms with Crippen molar-refractivity contribution in [2.24, 2.45) is 0 Å². The Morgan fingerprint density at radius 2 is 1.62 bits per heavy atom. The maximum absolute atomic E-state index is 13.0. The lowest BCUT2D eigenvalue weighted by atomic mass is 10.1. The predicted octanol–water partition coefficient (Wildman–Crippen LogP) is 4.08. The van der Waals surface area contributed by atoms with E-state index in [-0.39, 0.29) is 5.82 Å². The summed E-state index contributed by atoms with van der Waals surface area (Å²) in [5, 5.41) is 6.47. The molecule has 0 atom stereocenters. The van der Waals surface area contributed by atoms with Crippen LogP contribution in [0.2, 0.25) is 0 Å². The zero-order valence-electron chi connectivity index (χ0n) is 16.6. The van der Waals surface area contributed by atoms with Crippen LogP contribution in [0, 0.1) is 12.7 Å². The number of benzene rings is 2. The third kappa shape index (κ3) is 6.64.